The zero-order valence-corrected chi connectivity index (χ0v) is 15.6. The van der Waals surface area contributed by atoms with Crippen LogP contribution in [0.2, 0.25) is 0 Å². The van der Waals surface area contributed by atoms with Crippen LogP contribution >= 0.6 is 0 Å². The maximum atomic E-state index is 13.9. The first-order chi connectivity index (χ1) is 14.1. The van der Waals surface area contributed by atoms with Crippen molar-refractivity contribution in [3.8, 4) is 11.5 Å². The Hall–Kier alpha value is -3.07. The minimum atomic E-state index is -0.834. The van der Waals surface area contributed by atoms with Gasteiger partial charge in [0.2, 0.25) is 5.75 Å². The van der Waals surface area contributed by atoms with Gasteiger partial charge in [0.1, 0.15) is 11.9 Å². The number of rotatable bonds is 3. The number of cyclic esters (lactones) is 1. The van der Waals surface area contributed by atoms with Crippen molar-refractivity contribution in [1.82, 2.24) is 4.98 Å². The number of benzene rings is 1. The molecule has 1 atom stereocenters. The van der Waals surface area contributed by atoms with Crippen LogP contribution in [0.15, 0.2) is 36.5 Å². The summed E-state index contributed by atoms with van der Waals surface area (Å²) in [4.78, 5) is 19.9. The van der Waals surface area contributed by atoms with Gasteiger partial charge >= 0.3 is 6.09 Å². The second-order valence-electron chi connectivity index (χ2n) is 7.34. The summed E-state index contributed by atoms with van der Waals surface area (Å²) in [6, 6.07) is 8.33. The molecule has 152 valence electrons. The van der Waals surface area contributed by atoms with Gasteiger partial charge in [0, 0.05) is 25.9 Å². The lowest BCUT2D eigenvalue weighted by Gasteiger charge is -2.38. The minimum Gasteiger partial charge on any atom is -0.448 e. The zero-order chi connectivity index (χ0) is 20.0. The standard InChI is InChI=1S/C20H20FN3O5/c21-15-2-1-3-16-18(15)29-20(28-16)6-8-23(9-7-20)17-5-4-13(10-22-17)24-11-14(12-25)27-19(24)26/h1-5,10,14,25H,6-9,11-12H2. The van der Waals surface area contributed by atoms with E-state index in [9.17, 15) is 9.18 Å². The molecule has 2 aromatic rings. The molecule has 5 rings (SSSR count). The number of nitrogens with zero attached hydrogens (tertiary/aromatic N) is 3. The number of piperidine rings is 1. The summed E-state index contributed by atoms with van der Waals surface area (Å²) in [6.45, 7) is 1.37. The fraction of sp³-hybridized carbons (Fsp3) is 0.400. The van der Waals surface area contributed by atoms with Gasteiger partial charge in [0.05, 0.1) is 25.0 Å². The SMILES string of the molecule is O=C1OC(CO)CN1c1ccc(N2CCC3(CC2)Oc2cccc(F)c2O3)nc1. The van der Waals surface area contributed by atoms with Crippen LogP contribution in [0.5, 0.6) is 11.5 Å². The van der Waals surface area contributed by atoms with Gasteiger partial charge in [-0.05, 0) is 24.3 Å². The van der Waals surface area contributed by atoms with Crippen molar-refractivity contribution < 1.29 is 28.5 Å². The molecule has 1 unspecified atom stereocenters. The van der Waals surface area contributed by atoms with Crippen LogP contribution in [0, 0.1) is 5.82 Å². The lowest BCUT2D eigenvalue weighted by atomic mass is 10.0. The maximum absolute atomic E-state index is 13.9. The van der Waals surface area contributed by atoms with E-state index in [1.807, 2.05) is 12.1 Å². The van der Waals surface area contributed by atoms with Crippen molar-refractivity contribution in [1.29, 1.82) is 0 Å². The molecule has 2 saturated heterocycles. The van der Waals surface area contributed by atoms with Gasteiger partial charge in [-0.3, -0.25) is 4.90 Å². The molecule has 3 aliphatic heterocycles. The van der Waals surface area contributed by atoms with Crippen LogP contribution in [-0.4, -0.2) is 54.3 Å². The lowest BCUT2D eigenvalue weighted by molar-refractivity contribution is -0.0970. The second-order valence-corrected chi connectivity index (χ2v) is 7.34. The second kappa shape index (κ2) is 6.77. The number of hydrogen-bond donors (Lipinski definition) is 1. The number of aromatic nitrogens is 1. The van der Waals surface area contributed by atoms with Gasteiger partial charge in [-0.1, -0.05) is 6.07 Å². The van der Waals surface area contributed by atoms with Gasteiger partial charge in [-0.25, -0.2) is 14.2 Å². The first-order valence-electron chi connectivity index (χ1n) is 9.53. The van der Waals surface area contributed by atoms with Gasteiger partial charge in [0.25, 0.3) is 5.79 Å². The summed E-state index contributed by atoms with van der Waals surface area (Å²) in [6.07, 6.45) is 1.76. The van der Waals surface area contributed by atoms with E-state index in [0.717, 1.165) is 5.82 Å². The molecule has 2 fully saturated rings. The predicted octanol–water partition coefficient (Wildman–Crippen LogP) is 2.31. The number of anilines is 2. The Morgan fingerprint density at radius 2 is 2.03 bits per heavy atom. The summed E-state index contributed by atoms with van der Waals surface area (Å²) in [5.41, 5.74) is 0.622. The summed E-state index contributed by atoms with van der Waals surface area (Å²) in [5.74, 6) is 0.153. The number of para-hydroxylation sites is 1. The molecule has 9 heteroatoms. The van der Waals surface area contributed by atoms with Crippen molar-refractivity contribution in [2.24, 2.45) is 0 Å². The molecule has 1 aromatic heterocycles. The predicted molar refractivity (Wildman–Crippen MR) is 101 cm³/mol. The molecule has 1 spiro atoms. The number of pyridine rings is 1. The van der Waals surface area contributed by atoms with Crippen molar-refractivity contribution >= 4 is 17.6 Å². The lowest BCUT2D eigenvalue weighted by Crippen LogP contribution is -2.50. The Morgan fingerprint density at radius 1 is 1.21 bits per heavy atom. The van der Waals surface area contributed by atoms with Crippen molar-refractivity contribution in [3.63, 3.8) is 0 Å². The molecular weight excluding hydrogens is 381 g/mol. The highest BCUT2D eigenvalue weighted by atomic mass is 19.1. The third-order valence-electron chi connectivity index (χ3n) is 5.49. The van der Waals surface area contributed by atoms with Gasteiger partial charge in [-0.2, -0.15) is 0 Å². The van der Waals surface area contributed by atoms with Gasteiger partial charge in [-0.15, -0.1) is 0 Å². The molecule has 29 heavy (non-hydrogen) atoms. The number of fused-ring (bicyclic) bond motifs is 1. The van der Waals surface area contributed by atoms with E-state index in [0.29, 0.717) is 43.9 Å². The Labute approximate surface area is 166 Å². The summed E-state index contributed by atoms with van der Waals surface area (Å²) >= 11 is 0. The first-order valence-corrected chi connectivity index (χ1v) is 9.53. The molecule has 8 nitrogen and oxygen atoms in total. The number of hydrogen-bond acceptors (Lipinski definition) is 7. The van der Waals surface area contributed by atoms with E-state index in [-0.39, 0.29) is 12.4 Å². The van der Waals surface area contributed by atoms with Crippen molar-refractivity contribution in [2.45, 2.75) is 24.7 Å². The van der Waals surface area contributed by atoms with E-state index in [1.54, 1.807) is 18.3 Å². The van der Waals surface area contributed by atoms with Crippen LogP contribution in [0.3, 0.4) is 0 Å². The quantitative estimate of drug-likeness (QED) is 0.845. The molecular formula is C20H20FN3O5. The maximum Gasteiger partial charge on any atom is 0.414 e. The summed E-state index contributed by atoms with van der Waals surface area (Å²) in [7, 11) is 0. The van der Waals surface area contributed by atoms with Crippen LogP contribution in [-0.2, 0) is 4.74 Å². The van der Waals surface area contributed by atoms with Crippen LogP contribution in [0.1, 0.15) is 12.8 Å². The fourth-order valence-corrected chi connectivity index (χ4v) is 3.91. The molecule has 0 radical (unpaired) electrons. The Morgan fingerprint density at radius 3 is 2.69 bits per heavy atom. The smallest absolute Gasteiger partial charge is 0.414 e. The Balaban J connectivity index is 1.24. The zero-order valence-electron chi connectivity index (χ0n) is 15.6. The van der Waals surface area contributed by atoms with Gasteiger partial charge in [0.15, 0.2) is 11.6 Å². The highest BCUT2D eigenvalue weighted by Gasteiger charge is 2.45. The molecule has 1 aromatic carbocycles. The Kier molecular flexibility index (Phi) is 4.20. The molecule has 1 amide bonds. The average molecular weight is 401 g/mol. The van der Waals surface area contributed by atoms with Crippen LogP contribution in [0.25, 0.3) is 0 Å². The number of aliphatic hydroxyl groups is 1. The number of aliphatic hydroxyl groups excluding tert-OH is 1. The van der Waals surface area contributed by atoms with E-state index >= 15 is 0 Å². The molecule has 3 aliphatic rings. The number of amides is 1. The number of carbonyl (C=O) groups is 1. The average Bonchev–Trinajstić information content (AvgIpc) is 3.30. The molecule has 0 aliphatic carbocycles. The normalized spacial score (nSPS) is 22.3. The van der Waals surface area contributed by atoms with Crippen molar-refractivity contribution in [3.05, 3.63) is 42.3 Å². The van der Waals surface area contributed by atoms with Gasteiger partial charge < -0.3 is 24.2 Å². The third-order valence-corrected chi connectivity index (χ3v) is 5.49. The molecule has 1 N–H and O–H groups in total. The van der Waals surface area contributed by atoms with Crippen LogP contribution < -0.4 is 19.3 Å². The number of ether oxygens (including phenoxy) is 3. The number of halogens is 1. The molecule has 0 bridgehead atoms. The highest BCUT2D eigenvalue weighted by Crippen LogP contribution is 2.45. The highest BCUT2D eigenvalue weighted by molar-refractivity contribution is 5.89. The van der Waals surface area contributed by atoms with Crippen LogP contribution in [0.4, 0.5) is 20.7 Å². The third kappa shape index (κ3) is 3.11. The van der Waals surface area contributed by atoms with E-state index in [1.165, 1.54) is 11.0 Å². The first kappa shape index (κ1) is 18.0. The largest absolute Gasteiger partial charge is 0.448 e. The fourth-order valence-electron chi connectivity index (χ4n) is 3.91. The summed E-state index contributed by atoms with van der Waals surface area (Å²) in [5, 5.41) is 9.16. The summed E-state index contributed by atoms with van der Waals surface area (Å²) < 4.78 is 30.8. The minimum absolute atomic E-state index is 0.183. The number of carbonyl (C=O) groups excluding carboxylic acids is 1. The molecule has 0 saturated carbocycles. The van der Waals surface area contributed by atoms with E-state index in [2.05, 4.69) is 9.88 Å². The van der Waals surface area contributed by atoms with E-state index in [4.69, 9.17) is 19.3 Å². The monoisotopic (exact) mass is 401 g/mol. The Bertz CT molecular complexity index is 930. The topological polar surface area (TPSA) is 84.4 Å². The van der Waals surface area contributed by atoms with E-state index < -0.39 is 23.8 Å². The van der Waals surface area contributed by atoms with Crippen molar-refractivity contribution in [2.75, 3.05) is 36.0 Å². The molecule has 4 heterocycles.